The first-order valence-electron chi connectivity index (χ1n) is 8.05. The highest BCUT2D eigenvalue weighted by Crippen LogP contribution is 2.37. The summed E-state index contributed by atoms with van der Waals surface area (Å²) >= 11 is 0. The van der Waals surface area contributed by atoms with Crippen LogP contribution in [0.25, 0.3) is 21.5 Å². The standard InChI is InChI=1S/C20H18O5/c1-2-18(21)25-11-4-3-10-24-17-12-13-8-9-15(17)19-14(13)6-5-7-16(19)20(22)23/h2,5-9,12H,1,3-4,10-11H2,(H,22,23). The predicted molar refractivity (Wildman–Crippen MR) is 95.5 cm³/mol. The highest BCUT2D eigenvalue weighted by Gasteiger charge is 2.16. The fourth-order valence-corrected chi connectivity index (χ4v) is 2.90. The van der Waals surface area contributed by atoms with Crippen LogP contribution in [0.3, 0.4) is 0 Å². The molecule has 4 aromatic rings. The molecule has 128 valence electrons. The van der Waals surface area contributed by atoms with Gasteiger partial charge in [-0.2, -0.15) is 0 Å². The van der Waals surface area contributed by atoms with Crippen LogP contribution in [0.2, 0.25) is 0 Å². The first-order chi connectivity index (χ1) is 12.1. The molecule has 0 amide bonds. The SMILES string of the molecule is C=CC(=O)OCCCCOc1cc2ccc1c1c(C(=O)O)cccc21. The second kappa shape index (κ2) is 7.21. The molecule has 0 spiro atoms. The third-order valence-electron chi connectivity index (χ3n) is 4.06. The summed E-state index contributed by atoms with van der Waals surface area (Å²) in [5.74, 6) is -0.695. The van der Waals surface area contributed by atoms with Gasteiger partial charge in [0, 0.05) is 16.8 Å². The Morgan fingerprint density at radius 2 is 1.88 bits per heavy atom. The molecule has 0 unspecified atom stereocenters. The van der Waals surface area contributed by atoms with Crippen LogP contribution >= 0.6 is 0 Å². The number of fused-ring (bicyclic) bond motifs is 2. The van der Waals surface area contributed by atoms with E-state index < -0.39 is 11.9 Å². The normalized spacial score (nSPS) is 10.9. The number of hydrogen-bond donors (Lipinski definition) is 1. The van der Waals surface area contributed by atoms with Gasteiger partial charge in [0.15, 0.2) is 0 Å². The highest BCUT2D eigenvalue weighted by molar-refractivity contribution is 6.19. The molecule has 25 heavy (non-hydrogen) atoms. The van der Waals surface area contributed by atoms with Gasteiger partial charge in [-0.1, -0.05) is 24.8 Å². The van der Waals surface area contributed by atoms with Crippen molar-refractivity contribution in [2.45, 2.75) is 12.8 Å². The lowest BCUT2D eigenvalue weighted by Crippen LogP contribution is -2.05. The number of ether oxygens (including phenoxy) is 2. The van der Waals surface area contributed by atoms with E-state index in [4.69, 9.17) is 9.47 Å². The average molecular weight is 338 g/mol. The monoisotopic (exact) mass is 338 g/mol. The van der Waals surface area contributed by atoms with E-state index in [2.05, 4.69) is 6.58 Å². The third-order valence-corrected chi connectivity index (χ3v) is 4.06. The molecule has 0 aliphatic rings. The maximum absolute atomic E-state index is 11.5. The van der Waals surface area contributed by atoms with E-state index in [1.165, 1.54) is 0 Å². The summed E-state index contributed by atoms with van der Waals surface area (Å²) in [6.45, 7) is 4.13. The van der Waals surface area contributed by atoms with E-state index in [0.717, 1.165) is 28.7 Å². The maximum Gasteiger partial charge on any atom is 0.336 e. The predicted octanol–water partition coefficient (Wildman–Crippen LogP) is 4.02. The van der Waals surface area contributed by atoms with Gasteiger partial charge in [0.2, 0.25) is 0 Å². The van der Waals surface area contributed by atoms with Crippen LogP contribution in [0.5, 0.6) is 5.75 Å². The Bertz CT molecular complexity index is 928. The van der Waals surface area contributed by atoms with Crippen molar-refractivity contribution in [1.29, 1.82) is 0 Å². The number of carboxylic acids is 1. The number of carboxylic acid groups (broad SMARTS) is 1. The molecule has 5 nitrogen and oxygen atoms in total. The van der Waals surface area contributed by atoms with Gasteiger partial charge in [-0.25, -0.2) is 9.59 Å². The number of carbonyl (C=O) groups is 2. The molecular formula is C20H18O5. The lowest BCUT2D eigenvalue weighted by molar-refractivity contribution is -0.137. The zero-order chi connectivity index (χ0) is 17.8. The molecule has 0 fully saturated rings. The van der Waals surface area contributed by atoms with Crippen molar-refractivity contribution in [2.75, 3.05) is 13.2 Å². The summed E-state index contributed by atoms with van der Waals surface area (Å²) in [5.41, 5.74) is 0.278. The van der Waals surface area contributed by atoms with Gasteiger partial charge >= 0.3 is 11.9 Å². The summed E-state index contributed by atoms with van der Waals surface area (Å²) in [6.07, 6.45) is 2.55. The lowest BCUT2D eigenvalue weighted by Gasteiger charge is -2.15. The molecule has 2 bridgehead atoms. The Hall–Kier alpha value is -3.08. The number of benzene rings is 4. The summed E-state index contributed by atoms with van der Waals surface area (Å²) in [7, 11) is 0. The van der Waals surface area contributed by atoms with E-state index in [-0.39, 0.29) is 5.56 Å². The van der Waals surface area contributed by atoms with Crippen LogP contribution in [0, 0.1) is 0 Å². The van der Waals surface area contributed by atoms with Crippen molar-refractivity contribution in [3.8, 4) is 5.75 Å². The largest absolute Gasteiger partial charge is 0.493 e. The molecule has 4 rings (SSSR count). The van der Waals surface area contributed by atoms with Crippen LogP contribution in [0.4, 0.5) is 0 Å². The Kier molecular flexibility index (Phi) is 4.84. The Labute approximate surface area is 144 Å². The van der Waals surface area contributed by atoms with Crippen LogP contribution in [0.15, 0.2) is 49.1 Å². The van der Waals surface area contributed by atoms with E-state index >= 15 is 0 Å². The quantitative estimate of drug-likeness (QED) is 0.381. The average Bonchev–Trinajstić information content (AvgIpc) is 2.64. The molecule has 0 saturated carbocycles. The minimum absolute atomic E-state index is 0.278. The van der Waals surface area contributed by atoms with Gasteiger partial charge in [0.05, 0.1) is 18.8 Å². The fourth-order valence-electron chi connectivity index (χ4n) is 2.90. The van der Waals surface area contributed by atoms with Gasteiger partial charge < -0.3 is 14.6 Å². The Morgan fingerprint density at radius 3 is 2.64 bits per heavy atom. The van der Waals surface area contributed by atoms with Crippen molar-refractivity contribution in [1.82, 2.24) is 0 Å². The highest BCUT2D eigenvalue weighted by atomic mass is 16.5. The molecule has 0 aliphatic heterocycles. The fraction of sp³-hybridized carbons (Fsp3) is 0.200. The molecule has 0 radical (unpaired) electrons. The summed E-state index contributed by atoms with van der Waals surface area (Å²) in [5, 5.41) is 12.8. The number of esters is 1. The van der Waals surface area contributed by atoms with Gasteiger partial charge in [-0.05, 0) is 41.8 Å². The Balaban J connectivity index is 1.73. The first kappa shape index (κ1) is 16.8. The van der Waals surface area contributed by atoms with E-state index in [0.29, 0.717) is 30.8 Å². The van der Waals surface area contributed by atoms with Crippen LogP contribution < -0.4 is 4.74 Å². The van der Waals surface area contributed by atoms with Gasteiger partial charge in [0.25, 0.3) is 0 Å². The molecule has 0 aliphatic carbocycles. The van der Waals surface area contributed by atoms with Crippen molar-refractivity contribution in [3.63, 3.8) is 0 Å². The van der Waals surface area contributed by atoms with Gasteiger partial charge in [-0.3, -0.25) is 0 Å². The number of unbranched alkanes of at least 4 members (excludes halogenated alkanes) is 1. The van der Waals surface area contributed by atoms with E-state index in [9.17, 15) is 14.7 Å². The molecular weight excluding hydrogens is 320 g/mol. The molecule has 0 aromatic heterocycles. The molecule has 4 aromatic carbocycles. The molecule has 0 atom stereocenters. The summed E-state index contributed by atoms with van der Waals surface area (Å²) in [6, 6.07) is 11.1. The second-order valence-corrected chi connectivity index (χ2v) is 5.67. The third kappa shape index (κ3) is 3.40. The zero-order valence-corrected chi connectivity index (χ0v) is 13.7. The van der Waals surface area contributed by atoms with Crippen molar-refractivity contribution in [3.05, 3.63) is 54.6 Å². The zero-order valence-electron chi connectivity index (χ0n) is 13.7. The molecule has 0 heterocycles. The summed E-state index contributed by atoms with van der Waals surface area (Å²) < 4.78 is 10.7. The minimum Gasteiger partial charge on any atom is -0.493 e. The van der Waals surface area contributed by atoms with Gasteiger partial charge in [-0.15, -0.1) is 0 Å². The van der Waals surface area contributed by atoms with Crippen LogP contribution in [0.1, 0.15) is 23.2 Å². The Morgan fingerprint density at radius 1 is 1.08 bits per heavy atom. The second-order valence-electron chi connectivity index (χ2n) is 5.67. The van der Waals surface area contributed by atoms with Crippen LogP contribution in [-0.2, 0) is 9.53 Å². The van der Waals surface area contributed by atoms with E-state index in [1.54, 1.807) is 12.1 Å². The maximum atomic E-state index is 11.5. The molecule has 5 heteroatoms. The lowest BCUT2D eigenvalue weighted by atomic mass is 9.94. The number of rotatable bonds is 8. The van der Waals surface area contributed by atoms with Crippen LogP contribution in [-0.4, -0.2) is 30.3 Å². The van der Waals surface area contributed by atoms with Crippen molar-refractivity contribution < 1.29 is 24.2 Å². The van der Waals surface area contributed by atoms with Gasteiger partial charge in [0.1, 0.15) is 5.75 Å². The number of carbonyl (C=O) groups excluding carboxylic acids is 1. The molecule has 0 saturated heterocycles. The number of aromatic carboxylic acids is 1. The van der Waals surface area contributed by atoms with Crippen molar-refractivity contribution >= 4 is 33.5 Å². The van der Waals surface area contributed by atoms with Crippen molar-refractivity contribution in [2.24, 2.45) is 0 Å². The summed E-state index contributed by atoms with van der Waals surface area (Å²) in [4.78, 5) is 22.5. The smallest absolute Gasteiger partial charge is 0.336 e. The number of hydrogen-bond acceptors (Lipinski definition) is 4. The molecule has 1 N–H and O–H groups in total. The van der Waals surface area contributed by atoms with E-state index in [1.807, 2.05) is 24.3 Å². The topological polar surface area (TPSA) is 72.8 Å². The minimum atomic E-state index is -0.950. The first-order valence-corrected chi connectivity index (χ1v) is 8.05.